The zero-order chi connectivity index (χ0) is 14.7. The van der Waals surface area contributed by atoms with Crippen molar-refractivity contribution >= 4 is 5.78 Å². The van der Waals surface area contributed by atoms with Crippen LogP contribution < -0.4 is 0 Å². The summed E-state index contributed by atoms with van der Waals surface area (Å²) in [5, 5.41) is 0. The fourth-order valence-electron chi connectivity index (χ4n) is 5.08. The summed E-state index contributed by atoms with van der Waals surface area (Å²) >= 11 is 0. The first kappa shape index (κ1) is 13.8. The van der Waals surface area contributed by atoms with Crippen molar-refractivity contribution in [3.05, 3.63) is 11.3 Å². The molecular formula is C18H27NO2. The molecule has 1 saturated heterocycles. The molecule has 0 unspecified atom stereocenters. The minimum atomic E-state index is -0.0774. The predicted molar refractivity (Wildman–Crippen MR) is 81.6 cm³/mol. The molecule has 3 heteroatoms. The number of hydrogen-bond donors (Lipinski definition) is 0. The highest BCUT2D eigenvalue weighted by Gasteiger charge is 2.52. The lowest BCUT2D eigenvalue weighted by atomic mass is 9.67. The molecule has 0 aromatic carbocycles. The standard InChI is InChI=1S/C18H27NO2/c1-17(2)11-14(20)16-13-6-5-7-18(10-13,21-15(16)12-17)19-8-3-4-9-19/h13H,3-12H2,1-2H3/t13-,18-/m1/s1. The lowest BCUT2D eigenvalue weighted by molar-refractivity contribution is -0.170. The van der Waals surface area contributed by atoms with Gasteiger partial charge in [-0.25, -0.2) is 0 Å². The number of carbonyl (C=O) groups is 1. The van der Waals surface area contributed by atoms with Crippen LogP contribution in [0.5, 0.6) is 0 Å². The van der Waals surface area contributed by atoms with E-state index < -0.39 is 0 Å². The molecule has 3 nitrogen and oxygen atoms in total. The Labute approximate surface area is 127 Å². The molecule has 0 aromatic heterocycles. The molecule has 21 heavy (non-hydrogen) atoms. The van der Waals surface area contributed by atoms with Crippen LogP contribution in [-0.2, 0) is 9.53 Å². The summed E-state index contributed by atoms with van der Waals surface area (Å²) in [6.07, 6.45) is 8.83. The monoisotopic (exact) mass is 289 g/mol. The lowest BCUT2D eigenvalue weighted by Crippen LogP contribution is -2.56. The Bertz CT molecular complexity index is 501. The van der Waals surface area contributed by atoms with Gasteiger partial charge in [0.1, 0.15) is 5.76 Å². The molecule has 2 atom stereocenters. The number of hydrogen-bond acceptors (Lipinski definition) is 3. The molecular weight excluding hydrogens is 262 g/mol. The van der Waals surface area contributed by atoms with Crippen molar-refractivity contribution in [2.24, 2.45) is 11.3 Å². The number of rotatable bonds is 1. The normalized spacial score (nSPS) is 39.1. The SMILES string of the molecule is CC1(C)CC(=O)C2=C(C1)O[C@]1(N3CCCC3)CCC[C@@H]2C1. The van der Waals surface area contributed by atoms with Crippen LogP contribution in [0, 0.1) is 11.3 Å². The quantitative estimate of drug-likeness (QED) is 0.738. The van der Waals surface area contributed by atoms with E-state index >= 15 is 0 Å². The van der Waals surface area contributed by atoms with Gasteiger partial charge in [-0.3, -0.25) is 9.69 Å². The van der Waals surface area contributed by atoms with E-state index in [1.807, 2.05) is 0 Å². The van der Waals surface area contributed by atoms with E-state index in [1.54, 1.807) is 0 Å². The van der Waals surface area contributed by atoms with Crippen LogP contribution in [0.15, 0.2) is 11.3 Å². The van der Waals surface area contributed by atoms with Gasteiger partial charge in [-0.1, -0.05) is 13.8 Å². The van der Waals surface area contributed by atoms with Crippen LogP contribution in [0.3, 0.4) is 0 Å². The van der Waals surface area contributed by atoms with Crippen molar-refractivity contribution in [3.63, 3.8) is 0 Å². The number of carbonyl (C=O) groups excluding carboxylic acids is 1. The zero-order valence-corrected chi connectivity index (χ0v) is 13.4. The third-order valence-electron chi connectivity index (χ3n) is 5.97. The third kappa shape index (κ3) is 2.16. The van der Waals surface area contributed by atoms with Gasteiger partial charge in [0.25, 0.3) is 0 Å². The minimum absolute atomic E-state index is 0.0632. The van der Waals surface area contributed by atoms with Crippen molar-refractivity contribution in [1.82, 2.24) is 4.90 Å². The first-order valence-electron chi connectivity index (χ1n) is 8.69. The van der Waals surface area contributed by atoms with Gasteiger partial charge in [0.2, 0.25) is 0 Å². The lowest BCUT2D eigenvalue weighted by Gasteiger charge is -2.53. The van der Waals surface area contributed by atoms with E-state index in [1.165, 1.54) is 38.8 Å². The van der Waals surface area contributed by atoms with Gasteiger partial charge in [0.15, 0.2) is 11.5 Å². The van der Waals surface area contributed by atoms with Crippen molar-refractivity contribution in [1.29, 1.82) is 0 Å². The van der Waals surface area contributed by atoms with E-state index in [9.17, 15) is 4.79 Å². The molecule has 4 rings (SSSR count). The van der Waals surface area contributed by atoms with Crippen molar-refractivity contribution in [3.8, 4) is 0 Å². The topological polar surface area (TPSA) is 29.5 Å². The molecule has 2 bridgehead atoms. The largest absolute Gasteiger partial charge is 0.476 e. The maximum absolute atomic E-state index is 12.6. The van der Waals surface area contributed by atoms with Gasteiger partial charge in [-0.2, -0.15) is 0 Å². The first-order valence-corrected chi connectivity index (χ1v) is 8.69. The molecule has 1 saturated carbocycles. The fraction of sp³-hybridized carbons (Fsp3) is 0.833. The predicted octanol–water partition coefficient (Wildman–Crippen LogP) is 3.64. The number of Topliss-reactive ketones (excluding diaryl/α,β-unsaturated/α-hetero) is 1. The van der Waals surface area contributed by atoms with E-state index in [-0.39, 0.29) is 11.1 Å². The van der Waals surface area contributed by atoms with Gasteiger partial charge < -0.3 is 4.74 Å². The number of likely N-dealkylation sites (tertiary alicyclic amines) is 1. The fourth-order valence-corrected chi connectivity index (χ4v) is 5.08. The molecule has 2 aliphatic carbocycles. The van der Waals surface area contributed by atoms with Crippen molar-refractivity contribution in [2.45, 2.75) is 70.9 Å². The van der Waals surface area contributed by atoms with Crippen molar-refractivity contribution < 1.29 is 9.53 Å². The van der Waals surface area contributed by atoms with Crippen LogP contribution in [0.1, 0.15) is 65.2 Å². The summed E-state index contributed by atoms with van der Waals surface area (Å²) in [6.45, 7) is 6.75. The van der Waals surface area contributed by atoms with Crippen LogP contribution >= 0.6 is 0 Å². The molecule has 0 radical (unpaired) electrons. The van der Waals surface area contributed by atoms with Crippen LogP contribution in [0.25, 0.3) is 0 Å². The van der Waals surface area contributed by atoms with Crippen LogP contribution in [0.4, 0.5) is 0 Å². The van der Waals surface area contributed by atoms with Gasteiger partial charge in [-0.05, 0) is 37.0 Å². The number of ether oxygens (including phenoxy) is 1. The third-order valence-corrected chi connectivity index (χ3v) is 5.97. The summed E-state index contributed by atoms with van der Waals surface area (Å²) < 4.78 is 6.62. The van der Waals surface area contributed by atoms with Gasteiger partial charge in [0.05, 0.1) is 0 Å². The second-order valence-corrected chi connectivity index (χ2v) is 8.31. The second kappa shape index (κ2) is 4.58. The van der Waals surface area contributed by atoms with Gasteiger partial charge in [0, 0.05) is 44.3 Å². The van der Waals surface area contributed by atoms with Gasteiger partial charge >= 0.3 is 0 Å². The minimum Gasteiger partial charge on any atom is -0.476 e. The Morgan fingerprint density at radius 3 is 2.67 bits per heavy atom. The Hall–Kier alpha value is -0.830. The van der Waals surface area contributed by atoms with E-state index in [0.717, 1.165) is 30.6 Å². The number of ketones is 1. The molecule has 2 fully saturated rings. The summed E-state index contributed by atoms with van der Waals surface area (Å²) in [5.41, 5.74) is 1.06. The Balaban J connectivity index is 1.72. The molecule has 2 heterocycles. The van der Waals surface area contributed by atoms with Crippen LogP contribution in [0.2, 0.25) is 0 Å². The van der Waals surface area contributed by atoms with Crippen LogP contribution in [-0.4, -0.2) is 29.5 Å². The summed E-state index contributed by atoms with van der Waals surface area (Å²) in [4.78, 5) is 15.2. The smallest absolute Gasteiger partial charge is 0.163 e. The highest BCUT2D eigenvalue weighted by molar-refractivity contribution is 5.97. The summed E-state index contributed by atoms with van der Waals surface area (Å²) in [6, 6.07) is 0. The molecule has 2 aliphatic heterocycles. The second-order valence-electron chi connectivity index (χ2n) is 8.31. The maximum Gasteiger partial charge on any atom is 0.163 e. The number of nitrogens with zero attached hydrogens (tertiary/aromatic N) is 1. The average molecular weight is 289 g/mol. The summed E-state index contributed by atoms with van der Waals surface area (Å²) in [5.74, 6) is 1.88. The molecule has 4 aliphatic rings. The molecule has 116 valence electrons. The van der Waals surface area contributed by atoms with E-state index in [0.29, 0.717) is 18.1 Å². The zero-order valence-electron chi connectivity index (χ0n) is 13.4. The highest BCUT2D eigenvalue weighted by Crippen LogP contribution is 2.52. The first-order chi connectivity index (χ1) is 9.99. The number of allylic oxidation sites excluding steroid dienone is 2. The highest BCUT2D eigenvalue weighted by atomic mass is 16.5. The maximum atomic E-state index is 12.6. The van der Waals surface area contributed by atoms with E-state index in [2.05, 4.69) is 18.7 Å². The Morgan fingerprint density at radius 2 is 1.90 bits per heavy atom. The average Bonchev–Trinajstić information content (AvgIpc) is 2.90. The Morgan fingerprint density at radius 1 is 1.14 bits per heavy atom. The molecule has 0 N–H and O–H groups in total. The summed E-state index contributed by atoms with van der Waals surface area (Å²) in [7, 11) is 0. The Kier molecular flexibility index (Phi) is 3.01. The number of fused-ring (bicyclic) bond motifs is 3. The molecule has 0 amide bonds. The molecule has 0 spiro atoms. The van der Waals surface area contributed by atoms with E-state index in [4.69, 9.17) is 4.74 Å². The molecule has 0 aromatic rings. The van der Waals surface area contributed by atoms with Crippen molar-refractivity contribution in [2.75, 3.05) is 13.1 Å². The van der Waals surface area contributed by atoms with Gasteiger partial charge in [-0.15, -0.1) is 0 Å².